The number of rotatable bonds is 10. The number of urea groups is 1. The summed E-state index contributed by atoms with van der Waals surface area (Å²) in [5.41, 5.74) is 6.73. The highest BCUT2D eigenvalue weighted by molar-refractivity contribution is 5.74. The molecule has 0 spiro atoms. The second-order valence-corrected chi connectivity index (χ2v) is 9.47. The zero-order valence-electron chi connectivity index (χ0n) is 21.8. The van der Waals surface area contributed by atoms with Crippen LogP contribution in [-0.2, 0) is 16.8 Å². The van der Waals surface area contributed by atoms with Crippen LogP contribution in [-0.4, -0.2) is 62.0 Å². The van der Waals surface area contributed by atoms with Gasteiger partial charge in [-0.2, -0.15) is 0 Å². The van der Waals surface area contributed by atoms with Gasteiger partial charge in [-0.25, -0.2) is 14.0 Å². The number of likely N-dealkylation sites (tertiary alicyclic amines) is 1. The highest BCUT2D eigenvalue weighted by Gasteiger charge is 2.43. The number of alkyl carbamates (subject to hydrolysis) is 1. The van der Waals surface area contributed by atoms with E-state index in [4.69, 9.17) is 5.73 Å². The number of nitrogens with two attached hydrogens (primary N) is 1. The number of methoxy groups -OCH3 is 1. The van der Waals surface area contributed by atoms with Crippen LogP contribution in [0.1, 0.15) is 43.7 Å². The Kier molecular flexibility index (Phi) is 10.3. The number of benzene rings is 2. The average molecular weight is 515 g/mol. The first-order chi connectivity index (χ1) is 17.8. The molecule has 1 heterocycles. The molecule has 0 aromatic heterocycles. The quantitative estimate of drug-likeness (QED) is 0.360. The molecule has 5 N–H and O–H groups in total. The normalized spacial score (nSPS) is 17.1. The van der Waals surface area contributed by atoms with Crippen molar-refractivity contribution in [3.63, 3.8) is 0 Å². The number of nitrogens with zero attached hydrogens (tertiary/aromatic N) is 1. The van der Waals surface area contributed by atoms with Crippen molar-refractivity contribution >= 4 is 12.1 Å². The van der Waals surface area contributed by atoms with Gasteiger partial charge < -0.3 is 31.1 Å². The van der Waals surface area contributed by atoms with Crippen molar-refractivity contribution < 1.29 is 23.8 Å². The van der Waals surface area contributed by atoms with Crippen LogP contribution in [0.5, 0.6) is 0 Å². The molecule has 0 bridgehead atoms. The number of aryl methyl sites for hydroxylation is 1. The van der Waals surface area contributed by atoms with Gasteiger partial charge in [0.15, 0.2) is 0 Å². The summed E-state index contributed by atoms with van der Waals surface area (Å²) in [6.45, 7) is 3.93. The molecule has 1 unspecified atom stereocenters. The van der Waals surface area contributed by atoms with E-state index >= 15 is 4.39 Å². The third-order valence-electron chi connectivity index (χ3n) is 7.10. The molecule has 3 amide bonds. The molecule has 202 valence electrons. The Morgan fingerprint density at radius 3 is 2.73 bits per heavy atom. The Hall–Kier alpha value is -3.17. The Bertz CT molecular complexity index is 1070. The zero-order chi connectivity index (χ0) is 26.8. The van der Waals surface area contributed by atoms with Crippen LogP contribution in [0.4, 0.5) is 14.0 Å². The van der Waals surface area contributed by atoms with Crippen molar-refractivity contribution in [3.8, 4) is 11.1 Å². The Morgan fingerprint density at radius 2 is 2.00 bits per heavy atom. The molecule has 0 aliphatic carbocycles. The van der Waals surface area contributed by atoms with Gasteiger partial charge in [-0.3, -0.25) is 0 Å². The molecule has 8 nitrogen and oxygen atoms in total. The number of aliphatic hydroxyl groups is 1. The van der Waals surface area contributed by atoms with Crippen LogP contribution in [0.25, 0.3) is 11.1 Å². The van der Waals surface area contributed by atoms with Crippen molar-refractivity contribution in [1.29, 1.82) is 0 Å². The number of carbonyl (C=O) groups excluding carboxylic acids is 2. The average Bonchev–Trinajstić information content (AvgIpc) is 2.93. The standard InChI is InChI=1S/C28H39FN4O4/c1-3-20-8-4-9-21(18-20)25-23(11-5-12-24(25)29)28(36,13-7-15-32-27(35)37-2)22-10-6-17-33(19-22)26(34)31-16-14-30/h4-5,8-9,11-12,18,22,36H,3,6-7,10,13-17,19,30H2,1-2H3,(H,31,34)(H,32,35)/t22-,28?/m1/s1. The van der Waals surface area contributed by atoms with Gasteiger partial charge in [0.2, 0.25) is 0 Å². The molecule has 2 aromatic carbocycles. The third-order valence-corrected chi connectivity index (χ3v) is 7.10. The fourth-order valence-electron chi connectivity index (χ4n) is 5.15. The summed E-state index contributed by atoms with van der Waals surface area (Å²) in [6, 6.07) is 12.3. The second kappa shape index (κ2) is 13.4. The smallest absolute Gasteiger partial charge is 0.406 e. The summed E-state index contributed by atoms with van der Waals surface area (Å²) < 4.78 is 20.1. The lowest BCUT2D eigenvalue weighted by molar-refractivity contribution is -0.0548. The van der Waals surface area contributed by atoms with E-state index in [1.807, 2.05) is 31.2 Å². The second-order valence-electron chi connectivity index (χ2n) is 9.47. The number of hydrogen-bond donors (Lipinski definition) is 4. The highest BCUT2D eigenvalue weighted by atomic mass is 19.1. The fourth-order valence-corrected chi connectivity index (χ4v) is 5.15. The molecular weight excluding hydrogens is 475 g/mol. The van der Waals surface area contributed by atoms with Crippen molar-refractivity contribution in [2.45, 2.75) is 44.6 Å². The molecule has 2 aromatic rings. The topological polar surface area (TPSA) is 117 Å². The van der Waals surface area contributed by atoms with Gasteiger partial charge in [0, 0.05) is 44.2 Å². The predicted octanol–water partition coefficient (Wildman–Crippen LogP) is 3.76. The van der Waals surface area contributed by atoms with Gasteiger partial charge >= 0.3 is 12.1 Å². The Labute approximate surface area is 218 Å². The van der Waals surface area contributed by atoms with Crippen molar-refractivity contribution in [2.75, 3.05) is 39.8 Å². The summed E-state index contributed by atoms with van der Waals surface area (Å²) in [4.78, 5) is 25.9. The zero-order valence-corrected chi connectivity index (χ0v) is 21.8. The summed E-state index contributed by atoms with van der Waals surface area (Å²) in [7, 11) is 1.29. The minimum atomic E-state index is -1.44. The number of hydrogen-bond acceptors (Lipinski definition) is 5. The molecule has 1 fully saturated rings. The lowest BCUT2D eigenvalue weighted by Crippen LogP contribution is -2.51. The largest absolute Gasteiger partial charge is 0.453 e. The van der Waals surface area contributed by atoms with Crippen molar-refractivity contribution in [3.05, 3.63) is 59.4 Å². The monoisotopic (exact) mass is 514 g/mol. The van der Waals surface area contributed by atoms with E-state index in [0.29, 0.717) is 68.7 Å². The molecule has 1 saturated heterocycles. The predicted molar refractivity (Wildman–Crippen MR) is 142 cm³/mol. The number of piperidine rings is 1. The van der Waals surface area contributed by atoms with Gasteiger partial charge in [0.05, 0.1) is 12.7 Å². The Morgan fingerprint density at radius 1 is 1.22 bits per heavy atom. The van der Waals surface area contributed by atoms with Crippen LogP contribution >= 0.6 is 0 Å². The van der Waals surface area contributed by atoms with Crippen LogP contribution in [0.15, 0.2) is 42.5 Å². The van der Waals surface area contributed by atoms with Crippen molar-refractivity contribution in [1.82, 2.24) is 15.5 Å². The first-order valence-electron chi connectivity index (χ1n) is 13.0. The van der Waals surface area contributed by atoms with Crippen molar-refractivity contribution in [2.24, 2.45) is 11.7 Å². The van der Waals surface area contributed by atoms with E-state index in [2.05, 4.69) is 15.4 Å². The lowest BCUT2D eigenvalue weighted by atomic mass is 9.72. The maximum Gasteiger partial charge on any atom is 0.406 e. The first kappa shape index (κ1) is 28.4. The maximum absolute atomic E-state index is 15.5. The number of nitrogens with one attached hydrogen (secondary N) is 2. The van der Waals surface area contributed by atoms with Crippen LogP contribution < -0.4 is 16.4 Å². The van der Waals surface area contributed by atoms with Gasteiger partial charge in [-0.1, -0.05) is 43.3 Å². The molecular formula is C28H39FN4O4. The third kappa shape index (κ3) is 6.99. The van der Waals surface area contributed by atoms with Gasteiger partial charge in [-0.15, -0.1) is 0 Å². The number of ether oxygens (including phenoxy) is 1. The van der Waals surface area contributed by atoms with E-state index in [1.165, 1.54) is 13.2 Å². The summed E-state index contributed by atoms with van der Waals surface area (Å²) in [5, 5.41) is 17.9. The molecule has 9 heteroatoms. The lowest BCUT2D eigenvalue weighted by Gasteiger charge is -2.43. The van der Waals surface area contributed by atoms with E-state index in [9.17, 15) is 14.7 Å². The number of amides is 3. The highest BCUT2D eigenvalue weighted by Crippen LogP contribution is 2.44. The van der Waals surface area contributed by atoms with E-state index < -0.39 is 17.5 Å². The van der Waals surface area contributed by atoms with E-state index in [0.717, 1.165) is 12.0 Å². The minimum absolute atomic E-state index is 0.222. The molecule has 1 aliphatic rings. The van der Waals surface area contributed by atoms with Crippen LogP contribution in [0, 0.1) is 11.7 Å². The van der Waals surface area contributed by atoms with Gasteiger partial charge in [-0.05, 0) is 54.9 Å². The van der Waals surface area contributed by atoms with Gasteiger partial charge in [0.25, 0.3) is 0 Å². The minimum Gasteiger partial charge on any atom is -0.453 e. The Balaban J connectivity index is 2.01. The molecule has 0 radical (unpaired) electrons. The summed E-state index contributed by atoms with van der Waals surface area (Å²) in [6.07, 6.45) is 2.34. The van der Waals surface area contributed by atoms with E-state index in [1.54, 1.807) is 17.0 Å². The number of carbonyl (C=O) groups is 2. The SMILES string of the molecule is CCc1cccc(-c2c(F)cccc2C(O)(CCCNC(=O)OC)[C@@H]2CCCN(C(=O)NCCN)C2)c1. The van der Waals surface area contributed by atoms with Gasteiger partial charge in [0.1, 0.15) is 5.82 Å². The molecule has 37 heavy (non-hydrogen) atoms. The fraction of sp³-hybridized carbons (Fsp3) is 0.500. The molecule has 1 aliphatic heterocycles. The van der Waals surface area contributed by atoms with E-state index in [-0.39, 0.29) is 18.4 Å². The molecule has 3 rings (SSSR count). The molecule has 2 atom stereocenters. The maximum atomic E-state index is 15.5. The first-order valence-corrected chi connectivity index (χ1v) is 13.0. The molecule has 0 saturated carbocycles. The van der Waals surface area contributed by atoms with Crippen LogP contribution in [0.2, 0.25) is 0 Å². The summed E-state index contributed by atoms with van der Waals surface area (Å²) >= 11 is 0. The van der Waals surface area contributed by atoms with Crippen LogP contribution in [0.3, 0.4) is 0 Å². The number of halogens is 1. The summed E-state index contributed by atoms with van der Waals surface area (Å²) in [5.74, 6) is -0.747.